The minimum atomic E-state index is -0.698. The van der Waals surface area contributed by atoms with E-state index in [0.29, 0.717) is 19.4 Å². The van der Waals surface area contributed by atoms with Crippen LogP contribution in [0.2, 0.25) is 0 Å². The topological polar surface area (TPSA) is 87.0 Å². The van der Waals surface area contributed by atoms with Gasteiger partial charge in [-0.1, -0.05) is 110 Å². The molecule has 0 aliphatic rings. The second kappa shape index (κ2) is 23.5. The van der Waals surface area contributed by atoms with Gasteiger partial charge in [-0.05, 0) is 19.3 Å². The summed E-state index contributed by atoms with van der Waals surface area (Å²) in [5.74, 6) is -0.220. The Morgan fingerprint density at radius 2 is 0.938 bits per heavy atom. The highest BCUT2D eigenvalue weighted by atomic mass is 16.5. The average molecular weight is 459 g/mol. The van der Waals surface area contributed by atoms with E-state index >= 15 is 0 Å². The SMILES string of the molecule is CCC(CO)(CO)COC(=O)CCCCCCCCCCCCCCCCCCCCO. The van der Waals surface area contributed by atoms with Gasteiger partial charge >= 0.3 is 5.97 Å². The number of esters is 1. The lowest BCUT2D eigenvalue weighted by Crippen LogP contribution is -2.35. The van der Waals surface area contributed by atoms with Gasteiger partial charge in [-0.3, -0.25) is 4.79 Å². The van der Waals surface area contributed by atoms with E-state index in [1.807, 2.05) is 6.92 Å². The molecule has 0 aromatic rings. The molecule has 0 unspecified atom stereocenters. The van der Waals surface area contributed by atoms with Gasteiger partial charge in [0.2, 0.25) is 0 Å². The van der Waals surface area contributed by atoms with Crippen molar-refractivity contribution in [1.29, 1.82) is 0 Å². The normalized spacial score (nSPS) is 11.8. The number of carbonyl (C=O) groups is 1. The van der Waals surface area contributed by atoms with E-state index in [1.54, 1.807) is 0 Å². The monoisotopic (exact) mass is 458 g/mol. The third-order valence-corrected chi connectivity index (χ3v) is 6.75. The Balaban J connectivity index is 3.29. The molecule has 0 bridgehead atoms. The second-order valence-electron chi connectivity index (χ2n) is 9.67. The van der Waals surface area contributed by atoms with E-state index in [2.05, 4.69) is 0 Å². The summed E-state index contributed by atoms with van der Waals surface area (Å²) in [5.41, 5.74) is -0.698. The highest BCUT2D eigenvalue weighted by molar-refractivity contribution is 5.69. The maximum Gasteiger partial charge on any atom is 0.305 e. The molecule has 0 atom stereocenters. The molecule has 0 spiro atoms. The first kappa shape index (κ1) is 31.4. The summed E-state index contributed by atoms with van der Waals surface area (Å²) in [5, 5.41) is 27.5. The van der Waals surface area contributed by atoms with E-state index < -0.39 is 5.41 Å². The van der Waals surface area contributed by atoms with Crippen molar-refractivity contribution < 1.29 is 24.9 Å². The summed E-state index contributed by atoms with van der Waals surface area (Å²) in [6.07, 6.45) is 23.8. The number of aliphatic hydroxyl groups excluding tert-OH is 3. The summed E-state index contributed by atoms with van der Waals surface area (Å²) in [4.78, 5) is 11.8. The number of rotatable bonds is 25. The molecule has 5 heteroatoms. The maximum absolute atomic E-state index is 11.8. The molecule has 0 aromatic heterocycles. The minimum absolute atomic E-state index is 0.0987. The molecule has 5 nitrogen and oxygen atoms in total. The largest absolute Gasteiger partial charge is 0.465 e. The molecule has 0 heterocycles. The zero-order chi connectivity index (χ0) is 23.8. The van der Waals surface area contributed by atoms with Gasteiger partial charge in [0.05, 0.1) is 18.6 Å². The fraction of sp³-hybridized carbons (Fsp3) is 0.963. The Morgan fingerprint density at radius 3 is 1.25 bits per heavy atom. The predicted octanol–water partition coefficient (Wildman–Crippen LogP) is 6.31. The van der Waals surface area contributed by atoms with E-state index in [9.17, 15) is 15.0 Å². The first-order valence-electron chi connectivity index (χ1n) is 13.6. The van der Waals surface area contributed by atoms with Crippen molar-refractivity contribution >= 4 is 5.97 Å². The van der Waals surface area contributed by atoms with Crippen LogP contribution in [-0.4, -0.2) is 47.7 Å². The van der Waals surface area contributed by atoms with Gasteiger partial charge in [-0.15, -0.1) is 0 Å². The van der Waals surface area contributed by atoms with Crippen LogP contribution in [0.3, 0.4) is 0 Å². The molecular weight excluding hydrogens is 404 g/mol. The third kappa shape index (κ3) is 18.9. The quantitative estimate of drug-likeness (QED) is 0.110. The van der Waals surface area contributed by atoms with E-state index in [0.717, 1.165) is 19.3 Å². The smallest absolute Gasteiger partial charge is 0.305 e. The summed E-state index contributed by atoms with van der Waals surface area (Å²) >= 11 is 0. The fourth-order valence-corrected chi connectivity index (χ4v) is 3.98. The van der Waals surface area contributed by atoms with Crippen molar-refractivity contribution in [3.8, 4) is 0 Å². The number of aliphatic hydroxyl groups is 3. The number of ether oxygens (including phenoxy) is 1. The lowest BCUT2D eigenvalue weighted by atomic mass is 9.88. The third-order valence-electron chi connectivity index (χ3n) is 6.75. The highest BCUT2D eigenvalue weighted by Gasteiger charge is 2.28. The predicted molar refractivity (Wildman–Crippen MR) is 133 cm³/mol. The van der Waals surface area contributed by atoms with Crippen molar-refractivity contribution in [2.75, 3.05) is 26.4 Å². The van der Waals surface area contributed by atoms with Crippen LogP contribution in [0.1, 0.15) is 135 Å². The Hall–Kier alpha value is -0.650. The Kier molecular flexibility index (Phi) is 23.0. The van der Waals surface area contributed by atoms with Gasteiger partial charge in [0.25, 0.3) is 0 Å². The molecule has 0 aliphatic heterocycles. The summed E-state index contributed by atoms with van der Waals surface area (Å²) in [7, 11) is 0. The minimum Gasteiger partial charge on any atom is -0.465 e. The Morgan fingerprint density at radius 1 is 0.594 bits per heavy atom. The van der Waals surface area contributed by atoms with Crippen molar-refractivity contribution in [2.24, 2.45) is 5.41 Å². The summed E-state index contributed by atoms with van der Waals surface area (Å²) < 4.78 is 5.25. The van der Waals surface area contributed by atoms with Crippen LogP contribution < -0.4 is 0 Å². The second-order valence-corrected chi connectivity index (χ2v) is 9.67. The van der Waals surface area contributed by atoms with Gasteiger partial charge in [-0.25, -0.2) is 0 Å². The molecule has 0 aromatic carbocycles. The molecular formula is C27H54O5. The van der Waals surface area contributed by atoms with Crippen LogP contribution >= 0.6 is 0 Å². The van der Waals surface area contributed by atoms with Crippen LogP contribution in [0.25, 0.3) is 0 Å². The number of hydrogen-bond donors (Lipinski definition) is 3. The average Bonchev–Trinajstić information content (AvgIpc) is 2.82. The molecule has 0 aliphatic carbocycles. The molecule has 0 saturated carbocycles. The summed E-state index contributed by atoms with van der Waals surface area (Å²) in [6, 6.07) is 0. The summed E-state index contributed by atoms with van der Waals surface area (Å²) in [6.45, 7) is 1.99. The molecule has 0 fully saturated rings. The van der Waals surface area contributed by atoms with Crippen LogP contribution in [-0.2, 0) is 9.53 Å². The molecule has 0 radical (unpaired) electrons. The molecule has 3 N–H and O–H groups in total. The number of carbonyl (C=O) groups excluding carboxylic acids is 1. The molecule has 32 heavy (non-hydrogen) atoms. The van der Waals surface area contributed by atoms with Gasteiger partial charge in [0, 0.05) is 13.0 Å². The first-order chi connectivity index (χ1) is 15.6. The zero-order valence-corrected chi connectivity index (χ0v) is 21.1. The number of hydrogen-bond acceptors (Lipinski definition) is 5. The standard InChI is InChI=1S/C27H54O5/c1-2-27(23-29,24-30)25-32-26(31)21-19-17-15-13-11-9-7-5-3-4-6-8-10-12-14-16-18-20-22-28/h28-30H,2-25H2,1H3. The van der Waals surface area contributed by atoms with Crippen LogP contribution in [0.4, 0.5) is 0 Å². The Labute approximate surface area is 198 Å². The van der Waals surface area contributed by atoms with Gasteiger partial charge in [0.1, 0.15) is 6.61 Å². The van der Waals surface area contributed by atoms with Crippen molar-refractivity contribution in [2.45, 2.75) is 135 Å². The van der Waals surface area contributed by atoms with Gasteiger partial charge in [0.15, 0.2) is 0 Å². The van der Waals surface area contributed by atoms with E-state index in [4.69, 9.17) is 9.84 Å². The van der Waals surface area contributed by atoms with Gasteiger partial charge in [-0.2, -0.15) is 0 Å². The molecule has 192 valence electrons. The maximum atomic E-state index is 11.8. The number of unbranched alkanes of at least 4 members (excludes halogenated alkanes) is 17. The van der Waals surface area contributed by atoms with Gasteiger partial charge < -0.3 is 20.1 Å². The fourth-order valence-electron chi connectivity index (χ4n) is 3.98. The van der Waals surface area contributed by atoms with Crippen LogP contribution in [0.15, 0.2) is 0 Å². The Bertz CT molecular complexity index is 387. The lowest BCUT2D eigenvalue weighted by Gasteiger charge is -2.27. The van der Waals surface area contributed by atoms with Crippen molar-refractivity contribution in [3.63, 3.8) is 0 Å². The van der Waals surface area contributed by atoms with E-state index in [-0.39, 0.29) is 25.8 Å². The van der Waals surface area contributed by atoms with Crippen molar-refractivity contribution in [1.82, 2.24) is 0 Å². The van der Waals surface area contributed by atoms with Crippen LogP contribution in [0, 0.1) is 5.41 Å². The van der Waals surface area contributed by atoms with E-state index in [1.165, 1.54) is 96.3 Å². The zero-order valence-electron chi connectivity index (χ0n) is 21.1. The first-order valence-corrected chi connectivity index (χ1v) is 13.6. The van der Waals surface area contributed by atoms with Crippen LogP contribution in [0.5, 0.6) is 0 Å². The molecule has 0 amide bonds. The lowest BCUT2D eigenvalue weighted by molar-refractivity contribution is -0.149. The van der Waals surface area contributed by atoms with Crippen molar-refractivity contribution in [3.05, 3.63) is 0 Å². The highest BCUT2D eigenvalue weighted by Crippen LogP contribution is 2.21. The molecule has 0 saturated heterocycles. The molecule has 0 rings (SSSR count).